The van der Waals surface area contributed by atoms with Crippen molar-refractivity contribution in [1.29, 1.82) is 0 Å². The van der Waals surface area contributed by atoms with Gasteiger partial charge in [0.2, 0.25) is 0 Å². The zero-order valence-corrected chi connectivity index (χ0v) is 14.5. The number of aromatic hydroxyl groups is 2. The number of benzene rings is 4. The van der Waals surface area contributed by atoms with Crippen molar-refractivity contribution in [2.45, 2.75) is 6.92 Å². The van der Waals surface area contributed by atoms with E-state index in [2.05, 4.69) is 0 Å². The quantitative estimate of drug-likeness (QED) is 0.159. The first-order chi connectivity index (χ1) is 12.2. The third kappa shape index (κ3) is 3.28. The van der Waals surface area contributed by atoms with Gasteiger partial charge in [-0.15, -0.1) is 0 Å². The van der Waals surface area contributed by atoms with Crippen molar-refractivity contribution < 1.29 is 27.7 Å². The molecule has 4 N–H and O–H groups in total. The molecule has 26 heavy (non-hydrogen) atoms. The predicted molar refractivity (Wildman–Crippen MR) is 101 cm³/mol. The third-order valence-electron chi connectivity index (χ3n) is 4.18. The van der Waals surface area contributed by atoms with E-state index in [0.717, 1.165) is 21.7 Å². The molecule has 6 nitrogen and oxygen atoms in total. The number of phenols is 2. The zero-order valence-electron chi connectivity index (χ0n) is 13.7. The van der Waals surface area contributed by atoms with Gasteiger partial charge in [0, 0.05) is 21.5 Å². The summed E-state index contributed by atoms with van der Waals surface area (Å²) in [6, 6.07) is 17.3. The number of fused-ring (bicyclic) bond motifs is 4. The van der Waals surface area contributed by atoms with Crippen LogP contribution in [0.4, 0.5) is 0 Å². The topological polar surface area (TPSA) is 115 Å². The summed E-state index contributed by atoms with van der Waals surface area (Å²) in [6.07, 6.45) is 0. The molecule has 0 amide bonds. The van der Waals surface area contributed by atoms with E-state index in [1.165, 1.54) is 0 Å². The first kappa shape index (κ1) is 17.9. The fourth-order valence-corrected chi connectivity index (χ4v) is 3.18. The van der Waals surface area contributed by atoms with E-state index in [9.17, 15) is 10.2 Å². The van der Waals surface area contributed by atoms with Crippen molar-refractivity contribution in [2.75, 3.05) is 0 Å². The Hall–Kier alpha value is -2.87. The molecule has 4 aromatic rings. The second-order valence-corrected chi connectivity index (χ2v) is 6.75. The van der Waals surface area contributed by atoms with Crippen molar-refractivity contribution in [3.63, 3.8) is 0 Å². The molecule has 134 valence electrons. The van der Waals surface area contributed by atoms with E-state index in [1.807, 2.05) is 61.5 Å². The van der Waals surface area contributed by atoms with E-state index in [4.69, 9.17) is 17.5 Å². The minimum Gasteiger partial charge on any atom is -0.507 e. The molecule has 0 saturated carbocycles. The van der Waals surface area contributed by atoms with E-state index in [0.29, 0.717) is 16.2 Å². The number of hydrogen-bond donors (Lipinski definition) is 4. The molecule has 0 aliphatic heterocycles. The van der Waals surface area contributed by atoms with Gasteiger partial charge in [-0.3, -0.25) is 9.11 Å². The van der Waals surface area contributed by atoms with Crippen molar-refractivity contribution in [3.05, 3.63) is 60.2 Å². The molecule has 0 aliphatic rings. The Bertz CT molecular complexity index is 1240. The maximum absolute atomic E-state index is 10.7. The van der Waals surface area contributed by atoms with Crippen LogP contribution in [0.2, 0.25) is 0 Å². The molecule has 7 heteroatoms. The van der Waals surface area contributed by atoms with Gasteiger partial charge in [-0.1, -0.05) is 48.5 Å². The van der Waals surface area contributed by atoms with E-state index in [1.54, 1.807) is 0 Å². The lowest BCUT2D eigenvalue weighted by molar-refractivity contribution is 0.381. The number of rotatable bonds is 0. The molecule has 4 aromatic carbocycles. The molecular formula is C19H16O6S. The number of phenolic OH excluding ortho intramolecular Hbond substituents is 2. The highest BCUT2D eigenvalue weighted by Crippen LogP contribution is 2.44. The second kappa shape index (κ2) is 6.45. The summed E-state index contributed by atoms with van der Waals surface area (Å²) in [5.41, 5.74) is 1.09. The Kier molecular flexibility index (Phi) is 4.45. The van der Waals surface area contributed by atoms with Gasteiger partial charge < -0.3 is 10.2 Å². The zero-order chi connectivity index (χ0) is 19.1. The van der Waals surface area contributed by atoms with Crippen LogP contribution in [0.25, 0.3) is 32.3 Å². The molecule has 0 radical (unpaired) electrons. The van der Waals surface area contributed by atoms with Gasteiger partial charge in [-0.25, -0.2) is 0 Å². The highest BCUT2D eigenvalue weighted by molar-refractivity contribution is 7.79. The predicted octanol–water partition coefficient (Wildman–Crippen LogP) is 4.21. The van der Waals surface area contributed by atoms with Crippen LogP contribution in [0.3, 0.4) is 0 Å². The maximum atomic E-state index is 10.7. The Morgan fingerprint density at radius 3 is 1.88 bits per heavy atom. The average molecular weight is 372 g/mol. The summed E-state index contributed by atoms with van der Waals surface area (Å²) in [7, 11) is -4.67. The SMILES string of the molecule is Cc1cccc2ccc3c(O)c4ccccc4c(O)c3c12.O=S(=O)(O)O. The Balaban J connectivity index is 0.000000349. The van der Waals surface area contributed by atoms with Gasteiger partial charge >= 0.3 is 10.4 Å². The van der Waals surface area contributed by atoms with Crippen LogP contribution in [0.5, 0.6) is 11.5 Å². The van der Waals surface area contributed by atoms with Crippen molar-refractivity contribution in [2.24, 2.45) is 0 Å². The molecule has 4 rings (SSSR count). The van der Waals surface area contributed by atoms with Crippen LogP contribution in [-0.4, -0.2) is 27.7 Å². The number of aryl methyl sites for hydroxylation is 1. The van der Waals surface area contributed by atoms with Crippen LogP contribution in [-0.2, 0) is 10.4 Å². The summed E-state index contributed by atoms with van der Waals surface area (Å²) >= 11 is 0. The summed E-state index contributed by atoms with van der Waals surface area (Å²) in [4.78, 5) is 0. The Morgan fingerprint density at radius 1 is 0.692 bits per heavy atom. The molecule has 0 atom stereocenters. The van der Waals surface area contributed by atoms with Crippen molar-refractivity contribution in [1.82, 2.24) is 0 Å². The first-order valence-corrected chi connectivity index (χ1v) is 9.02. The highest BCUT2D eigenvalue weighted by Gasteiger charge is 2.15. The Labute approximate surface area is 149 Å². The summed E-state index contributed by atoms with van der Waals surface area (Å²) < 4.78 is 31.6. The van der Waals surface area contributed by atoms with Crippen LogP contribution >= 0.6 is 0 Å². The minimum absolute atomic E-state index is 0.226. The molecule has 0 saturated heterocycles. The van der Waals surface area contributed by atoms with Gasteiger partial charge in [0.15, 0.2) is 0 Å². The number of hydrogen-bond acceptors (Lipinski definition) is 4. The fraction of sp³-hybridized carbons (Fsp3) is 0.0526. The molecule has 0 heterocycles. The van der Waals surface area contributed by atoms with Gasteiger partial charge in [-0.2, -0.15) is 8.42 Å². The molecule has 0 spiro atoms. The normalized spacial score (nSPS) is 11.5. The van der Waals surface area contributed by atoms with Gasteiger partial charge in [0.1, 0.15) is 11.5 Å². The molecule has 0 fully saturated rings. The lowest BCUT2D eigenvalue weighted by atomic mass is 9.94. The maximum Gasteiger partial charge on any atom is 0.394 e. The fourth-order valence-electron chi connectivity index (χ4n) is 3.18. The standard InChI is InChI=1S/C19H14O2.H2O4S/c1-11-5-4-6-12-9-10-15-17(16(11)12)19(21)14-8-3-2-7-13(14)18(15)20;1-5(2,3)4/h2-10,20-21H,1H3;(H2,1,2,3,4). The van der Waals surface area contributed by atoms with Crippen LogP contribution in [0.15, 0.2) is 54.6 Å². The van der Waals surface area contributed by atoms with Crippen LogP contribution < -0.4 is 0 Å². The summed E-state index contributed by atoms with van der Waals surface area (Å²) in [5, 5.41) is 26.1. The smallest absolute Gasteiger partial charge is 0.394 e. The molecule has 0 bridgehead atoms. The summed E-state index contributed by atoms with van der Waals surface area (Å²) in [5.74, 6) is 0.460. The van der Waals surface area contributed by atoms with Crippen LogP contribution in [0, 0.1) is 6.92 Å². The minimum atomic E-state index is -4.67. The average Bonchev–Trinajstić information content (AvgIpc) is 2.58. The Morgan fingerprint density at radius 2 is 1.27 bits per heavy atom. The molecule has 0 unspecified atom stereocenters. The van der Waals surface area contributed by atoms with E-state index in [-0.39, 0.29) is 11.5 Å². The van der Waals surface area contributed by atoms with Crippen molar-refractivity contribution in [3.8, 4) is 11.5 Å². The lowest BCUT2D eigenvalue weighted by Gasteiger charge is -2.13. The molecular weight excluding hydrogens is 356 g/mol. The van der Waals surface area contributed by atoms with Gasteiger partial charge in [0.05, 0.1) is 0 Å². The monoisotopic (exact) mass is 372 g/mol. The highest BCUT2D eigenvalue weighted by atomic mass is 32.3. The lowest BCUT2D eigenvalue weighted by Crippen LogP contribution is -1.89. The van der Waals surface area contributed by atoms with E-state index < -0.39 is 10.4 Å². The molecule has 0 aliphatic carbocycles. The van der Waals surface area contributed by atoms with Gasteiger partial charge in [-0.05, 0) is 29.3 Å². The largest absolute Gasteiger partial charge is 0.507 e. The van der Waals surface area contributed by atoms with Crippen LogP contribution in [0.1, 0.15) is 5.56 Å². The van der Waals surface area contributed by atoms with E-state index >= 15 is 0 Å². The second-order valence-electron chi connectivity index (χ2n) is 5.85. The van der Waals surface area contributed by atoms with Gasteiger partial charge in [0.25, 0.3) is 0 Å². The van der Waals surface area contributed by atoms with Crippen molar-refractivity contribution >= 4 is 42.7 Å². The first-order valence-electron chi connectivity index (χ1n) is 7.63. The molecule has 0 aromatic heterocycles. The third-order valence-corrected chi connectivity index (χ3v) is 4.18. The summed E-state index contributed by atoms with van der Waals surface area (Å²) in [6.45, 7) is 2.02.